The number of hydrogen-bond acceptors (Lipinski definition) is 6. The third kappa shape index (κ3) is 4.78. The number of carbonyl (C=O) groups is 1. The highest BCUT2D eigenvalue weighted by Gasteiger charge is 2.24. The van der Waals surface area contributed by atoms with E-state index in [2.05, 4.69) is 10.2 Å². The molecule has 0 aliphatic carbocycles. The van der Waals surface area contributed by atoms with Gasteiger partial charge in [0.25, 0.3) is 5.91 Å². The lowest BCUT2D eigenvalue weighted by molar-refractivity contribution is 0.0161. The number of fused-ring (bicyclic) bond motifs is 1. The van der Waals surface area contributed by atoms with Crippen LogP contribution in [-0.4, -0.2) is 50.8 Å². The topological polar surface area (TPSA) is 81.0 Å². The molecular weight excluding hydrogens is 396 g/mol. The molecule has 1 saturated heterocycles. The van der Waals surface area contributed by atoms with E-state index in [0.29, 0.717) is 30.7 Å². The summed E-state index contributed by atoms with van der Waals surface area (Å²) in [6, 6.07) is 14.4. The summed E-state index contributed by atoms with van der Waals surface area (Å²) in [6.07, 6.45) is 0. The number of nitrogens with one attached hydrogen (secondary N) is 1. The van der Waals surface area contributed by atoms with E-state index in [4.69, 9.17) is 13.9 Å². The van der Waals surface area contributed by atoms with Gasteiger partial charge >= 0.3 is 0 Å². The Kier molecular flexibility index (Phi) is 6.34. The number of rotatable bonds is 6. The van der Waals surface area contributed by atoms with Crippen molar-refractivity contribution < 1.29 is 18.7 Å². The van der Waals surface area contributed by atoms with Gasteiger partial charge in [0.2, 0.25) is 0 Å². The fraction of sp³-hybridized carbons (Fsp3) is 0.333. The van der Waals surface area contributed by atoms with Crippen LogP contribution in [0.1, 0.15) is 27.7 Å². The molecule has 1 aliphatic heterocycles. The van der Waals surface area contributed by atoms with E-state index in [0.717, 1.165) is 30.0 Å². The predicted octanol–water partition coefficient (Wildman–Crippen LogP) is 2.91. The van der Waals surface area contributed by atoms with Crippen LogP contribution in [0.3, 0.4) is 0 Å². The molecule has 31 heavy (non-hydrogen) atoms. The zero-order chi connectivity index (χ0) is 21.8. The smallest absolute Gasteiger partial charge is 0.287 e. The summed E-state index contributed by atoms with van der Waals surface area (Å²) in [5.41, 5.74) is 2.21. The van der Waals surface area contributed by atoms with Crippen LogP contribution in [-0.2, 0) is 4.74 Å². The van der Waals surface area contributed by atoms with Crippen molar-refractivity contribution in [3.63, 3.8) is 0 Å². The van der Waals surface area contributed by atoms with E-state index < -0.39 is 5.91 Å². The summed E-state index contributed by atoms with van der Waals surface area (Å²) in [5.74, 6) is 0.379. The number of methoxy groups -OCH3 is 1. The maximum Gasteiger partial charge on any atom is 0.287 e. The minimum absolute atomic E-state index is 0.0109. The van der Waals surface area contributed by atoms with Crippen molar-refractivity contribution in [1.29, 1.82) is 0 Å². The van der Waals surface area contributed by atoms with E-state index in [-0.39, 0.29) is 17.2 Å². The van der Waals surface area contributed by atoms with Crippen LogP contribution >= 0.6 is 0 Å². The first kappa shape index (κ1) is 21.1. The van der Waals surface area contributed by atoms with Crippen molar-refractivity contribution in [2.75, 3.05) is 40.0 Å². The molecule has 3 aromatic rings. The van der Waals surface area contributed by atoms with Crippen molar-refractivity contribution in [3.05, 3.63) is 75.6 Å². The number of aryl methyl sites for hydroxylation is 1. The van der Waals surface area contributed by atoms with Crippen molar-refractivity contribution >= 4 is 16.9 Å². The Morgan fingerprint density at radius 1 is 1.13 bits per heavy atom. The Morgan fingerprint density at radius 3 is 2.58 bits per heavy atom. The molecule has 1 amide bonds. The fourth-order valence-corrected chi connectivity index (χ4v) is 3.83. The third-order valence-electron chi connectivity index (χ3n) is 5.55. The monoisotopic (exact) mass is 422 g/mol. The van der Waals surface area contributed by atoms with Gasteiger partial charge in [-0.25, -0.2) is 0 Å². The van der Waals surface area contributed by atoms with Crippen LogP contribution in [0.25, 0.3) is 11.0 Å². The van der Waals surface area contributed by atoms with Crippen molar-refractivity contribution in [2.45, 2.75) is 13.0 Å². The quantitative estimate of drug-likeness (QED) is 0.658. The number of morpholine rings is 1. The average molecular weight is 422 g/mol. The van der Waals surface area contributed by atoms with Crippen LogP contribution < -0.4 is 15.5 Å². The molecule has 1 fully saturated rings. The van der Waals surface area contributed by atoms with Gasteiger partial charge < -0.3 is 19.2 Å². The minimum Gasteiger partial charge on any atom is -0.497 e. The molecule has 1 aromatic heterocycles. The molecular formula is C24H26N2O5. The lowest BCUT2D eigenvalue weighted by Gasteiger charge is -2.35. The molecule has 7 nitrogen and oxygen atoms in total. The second kappa shape index (κ2) is 9.32. The summed E-state index contributed by atoms with van der Waals surface area (Å²) in [7, 11) is 1.63. The highest BCUT2D eigenvalue weighted by atomic mass is 16.5. The van der Waals surface area contributed by atoms with Gasteiger partial charge in [-0.15, -0.1) is 0 Å². The second-order valence-corrected chi connectivity index (χ2v) is 7.62. The first-order valence-electron chi connectivity index (χ1n) is 10.3. The van der Waals surface area contributed by atoms with Gasteiger partial charge in [0.05, 0.1) is 31.8 Å². The van der Waals surface area contributed by atoms with Crippen molar-refractivity contribution in [3.8, 4) is 5.75 Å². The fourth-order valence-electron chi connectivity index (χ4n) is 3.83. The second-order valence-electron chi connectivity index (χ2n) is 7.62. The van der Waals surface area contributed by atoms with E-state index in [1.807, 2.05) is 37.3 Å². The standard InChI is InChI=1S/C24H26N2O5/c1-16-3-8-22-19(13-16)21(27)14-23(31-22)24(28)25-15-20(26-9-11-30-12-10-26)17-4-6-18(29-2)7-5-17/h3-8,13-14,20H,9-12,15H2,1-2H3,(H,25,28)/t20-/m0/s1. The highest BCUT2D eigenvalue weighted by molar-refractivity contribution is 5.93. The van der Waals surface area contributed by atoms with Gasteiger partial charge in [0, 0.05) is 25.7 Å². The average Bonchev–Trinajstić information content (AvgIpc) is 2.80. The molecule has 162 valence electrons. The van der Waals surface area contributed by atoms with E-state index in [1.165, 1.54) is 6.07 Å². The number of benzene rings is 2. The molecule has 0 saturated carbocycles. The Morgan fingerprint density at radius 2 is 1.87 bits per heavy atom. The largest absolute Gasteiger partial charge is 0.497 e. The number of ether oxygens (including phenoxy) is 2. The van der Waals surface area contributed by atoms with E-state index in [9.17, 15) is 9.59 Å². The first-order valence-corrected chi connectivity index (χ1v) is 10.3. The van der Waals surface area contributed by atoms with Gasteiger partial charge in [-0.05, 0) is 36.8 Å². The lowest BCUT2D eigenvalue weighted by atomic mass is 10.0. The molecule has 2 heterocycles. The van der Waals surface area contributed by atoms with E-state index in [1.54, 1.807) is 19.2 Å². The molecule has 1 atom stereocenters. The Hall–Kier alpha value is -3.16. The number of hydrogen-bond donors (Lipinski definition) is 1. The Labute approximate surface area is 180 Å². The van der Waals surface area contributed by atoms with Crippen LogP contribution in [0.15, 0.2) is 57.7 Å². The van der Waals surface area contributed by atoms with Crippen molar-refractivity contribution in [1.82, 2.24) is 10.2 Å². The summed E-state index contributed by atoms with van der Waals surface area (Å²) in [4.78, 5) is 27.6. The zero-order valence-electron chi connectivity index (χ0n) is 17.7. The molecule has 1 aliphatic rings. The van der Waals surface area contributed by atoms with Gasteiger partial charge in [0.15, 0.2) is 11.2 Å². The maximum atomic E-state index is 12.8. The summed E-state index contributed by atoms with van der Waals surface area (Å²) >= 11 is 0. The zero-order valence-corrected chi connectivity index (χ0v) is 17.7. The van der Waals surface area contributed by atoms with Gasteiger partial charge in [-0.1, -0.05) is 23.8 Å². The predicted molar refractivity (Wildman–Crippen MR) is 118 cm³/mol. The van der Waals surface area contributed by atoms with Crippen LogP contribution in [0.2, 0.25) is 0 Å². The van der Waals surface area contributed by atoms with E-state index >= 15 is 0 Å². The molecule has 2 aromatic carbocycles. The normalized spacial score (nSPS) is 15.5. The molecule has 4 rings (SSSR count). The summed E-state index contributed by atoms with van der Waals surface area (Å²) in [5, 5.41) is 3.41. The number of amides is 1. The van der Waals surface area contributed by atoms with Gasteiger partial charge in [0.1, 0.15) is 11.3 Å². The lowest BCUT2D eigenvalue weighted by Crippen LogP contribution is -2.43. The summed E-state index contributed by atoms with van der Waals surface area (Å²) < 4.78 is 16.5. The number of carbonyl (C=O) groups excluding carboxylic acids is 1. The summed E-state index contributed by atoms with van der Waals surface area (Å²) in [6.45, 7) is 5.14. The highest BCUT2D eigenvalue weighted by Crippen LogP contribution is 2.24. The molecule has 0 radical (unpaired) electrons. The number of nitrogens with zero attached hydrogens (tertiary/aromatic N) is 1. The maximum absolute atomic E-state index is 12.8. The Balaban J connectivity index is 1.54. The van der Waals surface area contributed by atoms with Gasteiger partial charge in [-0.2, -0.15) is 0 Å². The third-order valence-corrected chi connectivity index (χ3v) is 5.55. The van der Waals surface area contributed by atoms with Crippen molar-refractivity contribution in [2.24, 2.45) is 0 Å². The molecule has 1 N–H and O–H groups in total. The minimum atomic E-state index is -0.411. The molecule has 0 unspecified atom stereocenters. The SMILES string of the molecule is COc1ccc([C@H](CNC(=O)c2cc(=O)c3cc(C)ccc3o2)N2CCOCC2)cc1. The molecule has 0 bridgehead atoms. The first-order chi connectivity index (χ1) is 15.0. The van der Waals surface area contributed by atoms with Gasteiger partial charge in [-0.3, -0.25) is 14.5 Å². The van der Waals surface area contributed by atoms with Crippen LogP contribution in [0.5, 0.6) is 5.75 Å². The molecule has 7 heteroatoms. The molecule has 0 spiro atoms. The Bertz CT molecular complexity index is 1120. The van der Waals surface area contributed by atoms with Crippen LogP contribution in [0.4, 0.5) is 0 Å². The van der Waals surface area contributed by atoms with Crippen LogP contribution in [0, 0.1) is 6.92 Å².